The number of rotatable bonds is 4. The molecule has 1 aromatic carbocycles. The highest BCUT2D eigenvalue weighted by molar-refractivity contribution is 9.10. The summed E-state index contributed by atoms with van der Waals surface area (Å²) < 4.78 is 1.12. The lowest BCUT2D eigenvalue weighted by atomic mass is 10.1. The van der Waals surface area contributed by atoms with Crippen molar-refractivity contribution in [1.29, 1.82) is 0 Å². The molecule has 102 valence electrons. The van der Waals surface area contributed by atoms with Gasteiger partial charge in [-0.1, -0.05) is 12.1 Å². The van der Waals surface area contributed by atoms with Crippen LogP contribution in [0.15, 0.2) is 51.0 Å². The van der Waals surface area contributed by atoms with E-state index in [0.29, 0.717) is 0 Å². The van der Waals surface area contributed by atoms with Crippen molar-refractivity contribution in [1.82, 2.24) is 10.2 Å². The molecule has 0 aliphatic carbocycles. The maximum atomic E-state index is 11.1. The maximum Gasteiger partial charge on any atom is 0.264 e. The molecule has 0 saturated heterocycles. The standard InChI is InChI=1S/C14H12BrN3OS/c15-10-5-12(20-8-10)7-16-11-3-1-9(2-4-11)13-6-14(19)18-17-13/h1-6,8,16H,7H2,(H2,17,18,19). The number of benzene rings is 1. The van der Waals surface area contributed by atoms with E-state index in [9.17, 15) is 4.79 Å². The zero-order chi connectivity index (χ0) is 13.9. The van der Waals surface area contributed by atoms with Gasteiger partial charge in [0.25, 0.3) is 5.56 Å². The third kappa shape index (κ3) is 3.02. The van der Waals surface area contributed by atoms with E-state index in [1.54, 1.807) is 17.4 Å². The van der Waals surface area contributed by atoms with Gasteiger partial charge in [0.1, 0.15) is 0 Å². The van der Waals surface area contributed by atoms with Crippen molar-refractivity contribution in [3.05, 3.63) is 61.5 Å². The number of nitrogens with one attached hydrogen (secondary N) is 3. The van der Waals surface area contributed by atoms with E-state index in [-0.39, 0.29) is 5.56 Å². The van der Waals surface area contributed by atoms with E-state index in [2.05, 4.69) is 42.9 Å². The first-order valence-corrected chi connectivity index (χ1v) is 7.73. The van der Waals surface area contributed by atoms with E-state index in [4.69, 9.17) is 0 Å². The number of anilines is 1. The minimum absolute atomic E-state index is 0.120. The zero-order valence-electron chi connectivity index (χ0n) is 10.4. The Balaban J connectivity index is 1.68. The summed E-state index contributed by atoms with van der Waals surface area (Å²) in [5.74, 6) is 0. The van der Waals surface area contributed by atoms with Crippen LogP contribution in [0.1, 0.15) is 4.88 Å². The SMILES string of the molecule is O=c1cc(-c2ccc(NCc3cc(Br)cs3)cc2)[nH][nH]1. The monoisotopic (exact) mass is 349 g/mol. The largest absolute Gasteiger partial charge is 0.380 e. The van der Waals surface area contributed by atoms with Crippen LogP contribution < -0.4 is 10.9 Å². The fourth-order valence-corrected chi connectivity index (χ4v) is 3.28. The van der Waals surface area contributed by atoms with Gasteiger partial charge in [-0.2, -0.15) is 0 Å². The van der Waals surface area contributed by atoms with Crippen LogP contribution in [0.5, 0.6) is 0 Å². The molecule has 0 spiro atoms. The number of halogens is 1. The molecule has 0 aliphatic rings. The lowest BCUT2D eigenvalue weighted by molar-refractivity contribution is 1.06. The van der Waals surface area contributed by atoms with Gasteiger partial charge in [-0.15, -0.1) is 11.3 Å². The van der Waals surface area contributed by atoms with Crippen LogP contribution in [0.25, 0.3) is 11.3 Å². The molecule has 3 rings (SSSR count). The first-order chi connectivity index (χ1) is 9.70. The van der Waals surface area contributed by atoms with Gasteiger partial charge in [0.15, 0.2) is 0 Å². The van der Waals surface area contributed by atoms with Gasteiger partial charge in [-0.3, -0.25) is 15.0 Å². The quantitative estimate of drug-likeness (QED) is 0.670. The lowest BCUT2D eigenvalue weighted by Gasteiger charge is -2.05. The fraction of sp³-hybridized carbons (Fsp3) is 0.0714. The van der Waals surface area contributed by atoms with Crippen molar-refractivity contribution >= 4 is 33.0 Å². The lowest BCUT2D eigenvalue weighted by Crippen LogP contribution is -1.96. The van der Waals surface area contributed by atoms with Crippen LogP contribution in [0, 0.1) is 0 Å². The first-order valence-electron chi connectivity index (χ1n) is 6.05. The minimum atomic E-state index is -0.120. The summed E-state index contributed by atoms with van der Waals surface area (Å²) in [6.45, 7) is 0.802. The Morgan fingerprint density at radius 1 is 1.15 bits per heavy atom. The van der Waals surface area contributed by atoms with Gasteiger partial charge < -0.3 is 5.32 Å². The molecule has 0 radical (unpaired) electrons. The summed E-state index contributed by atoms with van der Waals surface area (Å²) in [5, 5.41) is 10.8. The van der Waals surface area contributed by atoms with Gasteiger partial charge in [0.05, 0.1) is 5.69 Å². The summed E-state index contributed by atoms with van der Waals surface area (Å²) in [4.78, 5) is 12.4. The number of hydrogen-bond donors (Lipinski definition) is 3. The average Bonchev–Trinajstić information content (AvgIpc) is 3.06. The van der Waals surface area contributed by atoms with Crippen molar-refractivity contribution in [2.45, 2.75) is 6.54 Å². The maximum absolute atomic E-state index is 11.1. The molecular weight excluding hydrogens is 338 g/mol. The Labute approximate surface area is 128 Å². The summed E-state index contributed by atoms with van der Waals surface area (Å²) in [7, 11) is 0. The second-order valence-electron chi connectivity index (χ2n) is 4.33. The molecule has 0 aliphatic heterocycles. The predicted octanol–water partition coefficient (Wildman–Crippen LogP) is 3.81. The molecule has 0 atom stereocenters. The third-order valence-electron chi connectivity index (χ3n) is 2.88. The van der Waals surface area contributed by atoms with Crippen molar-refractivity contribution < 1.29 is 0 Å². The molecule has 0 fully saturated rings. The summed E-state index contributed by atoms with van der Waals surface area (Å²) >= 11 is 5.16. The van der Waals surface area contributed by atoms with Crippen LogP contribution in [-0.4, -0.2) is 10.2 Å². The smallest absolute Gasteiger partial charge is 0.264 e. The first kappa shape index (κ1) is 13.2. The Hall–Kier alpha value is -1.79. The van der Waals surface area contributed by atoms with Gasteiger partial charge in [-0.05, 0) is 39.7 Å². The Morgan fingerprint density at radius 2 is 1.95 bits per heavy atom. The topological polar surface area (TPSA) is 60.7 Å². The third-order valence-corrected chi connectivity index (χ3v) is 4.58. The van der Waals surface area contributed by atoms with E-state index >= 15 is 0 Å². The molecule has 2 heterocycles. The van der Waals surface area contributed by atoms with Crippen LogP contribution in [-0.2, 0) is 6.54 Å². The Kier molecular flexibility index (Phi) is 3.75. The van der Waals surface area contributed by atoms with Crippen molar-refractivity contribution in [2.75, 3.05) is 5.32 Å². The van der Waals surface area contributed by atoms with Crippen molar-refractivity contribution in [2.24, 2.45) is 0 Å². The van der Waals surface area contributed by atoms with Gasteiger partial charge >= 0.3 is 0 Å². The van der Waals surface area contributed by atoms with Gasteiger partial charge in [0, 0.05) is 33.0 Å². The molecule has 0 unspecified atom stereocenters. The second-order valence-corrected chi connectivity index (χ2v) is 6.25. The molecule has 3 aromatic rings. The Bertz CT molecular complexity index is 757. The molecule has 20 heavy (non-hydrogen) atoms. The highest BCUT2D eigenvalue weighted by atomic mass is 79.9. The number of hydrogen-bond acceptors (Lipinski definition) is 3. The summed E-state index contributed by atoms with van der Waals surface area (Å²) in [5.41, 5.74) is 2.71. The molecule has 6 heteroatoms. The highest BCUT2D eigenvalue weighted by Crippen LogP contribution is 2.22. The van der Waals surface area contributed by atoms with Gasteiger partial charge in [-0.25, -0.2) is 0 Å². The van der Waals surface area contributed by atoms with Crippen LogP contribution in [0.2, 0.25) is 0 Å². The number of H-pyrrole nitrogens is 2. The number of aromatic nitrogens is 2. The van der Waals surface area contributed by atoms with E-state index in [1.807, 2.05) is 24.3 Å². The number of thiophene rings is 1. The van der Waals surface area contributed by atoms with Crippen LogP contribution in [0.3, 0.4) is 0 Å². The zero-order valence-corrected chi connectivity index (χ0v) is 12.8. The van der Waals surface area contributed by atoms with E-state index < -0.39 is 0 Å². The molecule has 4 nitrogen and oxygen atoms in total. The molecular formula is C14H12BrN3OS. The Morgan fingerprint density at radius 3 is 2.55 bits per heavy atom. The normalized spacial score (nSPS) is 10.7. The summed E-state index contributed by atoms with van der Waals surface area (Å²) in [6.07, 6.45) is 0. The average molecular weight is 350 g/mol. The molecule has 0 amide bonds. The second kappa shape index (κ2) is 5.68. The van der Waals surface area contributed by atoms with Crippen LogP contribution >= 0.6 is 27.3 Å². The predicted molar refractivity (Wildman–Crippen MR) is 86.2 cm³/mol. The molecule has 0 bridgehead atoms. The minimum Gasteiger partial charge on any atom is -0.380 e. The van der Waals surface area contributed by atoms with E-state index in [1.165, 1.54) is 4.88 Å². The summed E-state index contributed by atoms with van der Waals surface area (Å²) in [6, 6.07) is 11.6. The fourth-order valence-electron chi connectivity index (χ4n) is 1.89. The molecule has 2 aromatic heterocycles. The van der Waals surface area contributed by atoms with Crippen LogP contribution in [0.4, 0.5) is 5.69 Å². The van der Waals surface area contributed by atoms with E-state index in [0.717, 1.165) is 28.0 Å². The highest BCUT2D eigenvalue weighted by Gasteiger charge is 2.01. The van der Waals surface area contributed by atoms with Gasteiger partial charge in [0.2, 0.25) is 0 Å². The van der Waals surface area contributed by atoms with Crippen molar-refractivity contribution in [3.63, 3.8) is 0 Å². The molecule has 3 N–H and O–H groups in total. The van der Waals surface area contributed by atoms with Crippen molar-refractivity contribution in [3.8, 4) is 11.3 Å². The molecule has 0 saturated carbocycles. The number of aromatic amines is 2.